The summed E-state index contributed by atoms with van der Waals surface area (Å²) in [5.41, 5.74) is -0.983. The number of aromatic nitrogens is 1. The van der Waals surface area contributed by atoms with Crippen LogP contribution >= 0.6 is 0 Å². The van der Waals surface area contributed by atoms with Gasteiger partial charge in [-0.25, -0.2) is 4.98 Å². The summed E-state index contributed by atoms with van der Waals surface area (Å²) in [5.74, 6) is 0.110. The van der Waals surface area contributed by atoms with Gasteiger partial charge in [0.2, 0.25) is 5.88 Å². The van der Waals surface area contributed by atoms with Crippen LogP contribution < -0.4 is 4.74 Å². The summed E-state index contributed by atoms with van der Waals surface area (Å²) in [7, 11) is 0. The Bertz CT molecular complexity index is 537. The van der Waals surface area contributed by atoms with Crippen molar-refractivity contribution in [1.82, 2.24) is 4.98 Å². The van der Waals surface area contributed by atoms with Gasteiger partial charge in [0, 0.05) is 0 Å². The molecule has 0 aliphatic heterocycles. The average molecular weight is 298 g/mol. The highest BCUT2D eigenvalue weighted by atomic mass is 19.4. The number of nitrogens with zero attached hydrogens (tertiary/aromatic N) is 2. The van der Waals surface area contributed by atoms with Crippen molar-refractivity contribution in [3.8, 4) is 11.9 Å². The van der Waals surface area contributed by atoms with E-state index in [1.54, 1.807) is 0 Å². The summed E-state index contributed by atoms with van der Waals surface area (Å²) >= 11 is 0. The van der Waals surface area contributed by atoms with Crippen molar-refractivity contribution in [3.63, 3.8) is 0 Å². The number of ether oxygens (including phenoxy) is 1. The second kappa shape index (κ2) is 6.33. The first-order valence-electron chi connectivity index (χ1n) is 7.10. The van der Waals surface area contributed by atoms with Gasteiger partial charge in [-0.1, -0.05) is 13.3 Å². The van der Waals surface area contributed by atoms with E-state index < -0.39 is 11.9 Å². The van der Waals surface area contributed by atoms with E-state index in [0.717, 1.165) is 44.2 Å². The lowest BCUT2D eigenvalue weighted by atomic mass is 9.85. The zero-order valence-corrected chi connectivity index (χ0v) is 11.8. The molecular formula is C15H17F3N2O. The van der Waals surface area contributed by atoms with Crippen molar-refractivity contribution in [3.05, 3.63) is 23.4 Å². The summed E-state index contributed by atoms with van der Waals surface area (Å²) in [6, 6.07) is 3.77. The number of halogens is 3. The van der Waals surface area contributed by atoms with Gasteiger partial charge in [0.25, 0.3) is 0 Å². The zero-order valence-electron chi connectivity index (χ0n) is 11.8. The molecule has 1 aromatic heterocycles. The predicted octanol–water partition coefficient (Wildman–Crippen LogP) is 4.32. The van der Waals surface area contributed by atoms with E-state index in [4.69, 9.17) is 10.00 Å². The van der Waals surface area contributed by atoms with Crippen molar-refractivity contribution < 1.29 is 17.9 Å². The molecule has 0 spiro atoms. The third-order valence-electron chi connectivity index (χ3n) is 3.90. The van der Waals surface area contributed by atoms with Crippen LogP contribution in [0.15, 0.2) is 12.1 Å². The molecule has 0 amide bonds. The molecule has 21 heavy (non-hydrogen) atoms. The monoisotopic (exact) mass is 298 g/mol. The van der Waals surface area contributed by atoms with Crippen LogP contribution in [0.25, 0.3) is 0 Å². The molecular weight excluding hydrogens is 281 g/mol. The topological polar surface area (TPSA) is 45.9 Å². The summed E-state index contributed by atoms with van der Waals surface area (Å²) in [6.45, 7) is 2.04. The maximum atomic E-state index is 12.7. The Kier molecular flexibility index (Phi) is 4.71. The van der Waals surface area contributed by atoms with Gasteiger partial charge >= 0.3 is 6.18 Å². The van der Waals surface area contributed by atoms with E-state index in [1.807, 2.05) is 13.0 Å². The maximum Gasteiger partial charge on any atom is 0.433 e. The highest BCUT2D eigenvalue weighted by molar-refractivity contribution is 5.39. The standard InChI is InChI=1S/C15H17F3N2O/c1-2-10-5-3-4-6-12(10)21-14-11(9-19)7-8-13(20-14)15(16,17)18/h7-8,10,12H,2-6H2,1H3. The molecule has 1 aliphatic carbocycles. The molecule has 0 aromatic carbocycles. The molecule has 2 unspecified atom stereocenters. The van der Waals surface area contributed by atoms with Crippen LogP contribution in [0.3, 0.4) is 0 Å². The number of hydrogen-bond acceptors (Lipinski definition) is 3. The van der Waals surface area contributed by atoms with Gasteiger partial charge in [0.1, 0.15) is 23.4 Å². The van der Waals surface area contributed by atoms with Crippen molar-refractivity contribution in [1.29, 1.82) is 5.26 Å². The van der Waals surface area contributed by atoms with Gasteiger partial charge in [-0.3, -0.25) is 0 Å². The molecule has 1 aromatic rings. The molecule has 6 heteroatoms. The Labute approximate surface area is 121 Å². The van der Waals surface area contributed by atoms with E-state index >= 15 is 0 Å². The fourth-order valence-electron chi connectivity index (χ4n) is 2.71. The Morgan fingerprint density at radius 1 is 1.33 bits per heavy atom. The fraction of sp³-hybridized carbons (Fsp3) is 0.600. The molecule has 1 fully saturated rings. The third-order valence-corrected chi connectivity index (χ3v) is 3.90. The first kappa shape index (κ1) is 15.6. The maximum absolute atomic E-state index is 12.7. The van der Waals surface area contributed by atoms with Crippen molar-refractivity contribution in [2.24, 2.45) is 5.92 Å². The lowest BCUT2D eigenvalue weighted by molar-refractivity contribution is -0.141. The van der Waals surface area contributed by atoms with Crippen molar-refractivity contribution in [2.45, 2.75) is 51.3 Å². The normalized spacial score (nSPS) is 22.6. The summed E-state index contributed by atoms with van der Waals surface area (Å²) in [4.78, 5) is 3.51. The molecule has 1 saturated carbocycles. The Morgan fingerprint density at radius 2 is 2.05 bits per heavy atom. The van der Waals surface area contributed by atoms with Crippen molar-refractivity contribution >= 4 is 0 Å². The molecule has 1 heterocycles. The summed E-state index contributed by atoms with van der Waals surface area (Å²) in [6.07, 6.45) is 0.103. The third kappa shape index (κ3) is 3.66. The predicted molar refractivity (Wildman–Crippen MR) is 70.6 cm³/mol. The van der Waals surface area contributed by atoms with E-state index in [-0.39, 0.29) is 17.5 Å². The molecule has 0 N–H and O–H groups in total. The van der Waals surface area contributed by atoms with Crippen LogP contribution in [0.1, 0.15) is 50.3 Å². The number of pyridine rings is 1. The van der Waals surface area contributed by atoms with Crippen LogP contribution in [-0.2, 0) is 6.18 Å². The van der Waals surface area contributed by atoms with Gasteiger partial charge in [-0.05, 0) is 43.7 Å². The molecule has 2 rings (SSSR count). The Morgan fingerprint density at radius 3 is 2.67 bits per heavy atom. The van der Waals surface area contributed by atoms with Crippen LogP contribution in [0.2, 0.25) is 0 Å². The molecule has 2 atom stereocenters. The van der Waals surface area contributed by atoms with E-state index in [2.05, 4.69) is 4.98 Å². The molecule has 114 valence electrons. The highest BCUT2D eigenvalue weighted by Gasteiger charge is 2.34. The number of alkyl halides is 3. The number of hydrogen-bond donors (Lipinski definition) is 0. The molecule has 1 aliphatic rings. The molecule has 0 bridgehead atoms. The Hall–Kier alpha value is -1.77. The lowest BCUT2D eigenvalue weighted by Gasteiger charge is -2.31. The van der Waals surface area contributed by atoms with Gasteiger partial charge in [-0.15, -0.1) is 0 Å². The minimum absolute atomic E-state index is 0.0448. The zero-order chi connectivity index (χ0) is 15.5. The number of rotatable bonds is 3. The van der Waals surface area contributed by atoms with Crippen LogP contribution in [0, 0.1) is 17.2 Å². The molecule has 0 radical (unpaired) electrons. The van der Waals surface area contributed by atoms with Crippen LogP contribution in [0.5, 0.6) is 5.88 Å². The second-order valence-electron chi connectivity index (χ2n) is 5.27. The van der Waals surface area contributed by atoms with E-state index in [1.165, 1.54) is 0 Å². The van der Waals surface area contributed by atoms with E-state index in [0.29, 0.717) is 5.92 Å². The SMILES string of the molecule is CCC1CCCCC1Oc1nc(C(F)(F)F)ccc1C#N. The first-order valence-corrected chi connectivity index (χ1v) is 7.10. The second-order valence-corrected chi connectivity index (χ2v) is 5.27. The highest BCUT2D eigenvalue weighted by Crippen LogP contribution is 2.33. The van der Waals surface area contributed by atoms with Crippen LogP contribution in [-0.4, -0.2) is 11.1 Å². The smallest absolute Gasteiger partial charge is 0.433 e. The average Bonchev–Trinajstić information content (AvgIpc) is 2.47. The van der Waals surface area contributed by atoms with Gasteiger partial charge in [0.15, 0.2) is 0 Å². The van der Waals surface area contributed by atoms with E-state index in [9.17, 15) is 13.2 Å². The van der Waals surface area contributed by atoms with Gasteiger partial charge in [-0.2, -0.15) is 18.4 Å². The summed E-state index contributed by atoms with van der Waals surface area (Å²) < 4.78 is 43.9. The largest absolute Gasteiger partial charge is 0.473 e. The minimum Gasteiger partial charge on any atom is -0.473 e. The number of nitriles is 1. The summed E-state index contributed by atoms with van der Waals surface area (Å²) in [5, 5.41) is 9.01. The van der Waals surface area contributed by atoms with Crippen LogP contribution in [0.4, 0.5) is 13.2 Å². The lowest BCUT2D eigenvalue weighted by Crippen LogP contribution is -2.30. The molecule has 0 saturated heterocycles. The fourth-order valence-corrected chi connectivity index (χ4v) is 2.71. The van der Waals surface area contributed by atoms with Gasteiger partial charge < -0.3 is 4.74 Å². The first-order chi connectivity index (χ1) is 9.95. The van der Waals surface area contributed by atoms with Crippen molar-refractivity contribution in [2.75, 3.05) is 0 Å². The Balaban J connectivity index is 2.27. The quantitative estimate of drug-likeness (QED) is 0.835. The van der Waals surface area contributed by atoms with Gasteiger partial charge in [0.05, 0.1) is 0 Å². The molecule has 3 nitrogen and oxygen atoms in total. The minimum atomic E-state index is -4.54.